The molecule has 0 heterocycles. The molecule has 0 aromatic heterocycles. The van der Waals surface area contributed by atoms with Crippen molar-refractivity contribution in [2.75, 3.05) is 25.4 Å². The fourth-order valence-corrected chi connectivity index (χ4v) is 5.04. The zero-order valence-corrected chi connectivity index (χ0v) is 18.2. The molecule has 0 atom stereocenters. The molecule has 3 N–H and O–H groups in total. The first-order valence-electron chi connectivity index (χ1n) is 9.17. The van der Waals surface area contributed by atoms with Crippen LogP contribution in [-0.2, 0) is 9.84 Å². The predicted molar refractivity (Wildman–Crippen MR) is 112 cm³/mol. The Bertz CT molecular complexity index is 640. The fourth-order valence-electron chi connectivity index (χ4n) is 2.64. The largest absolute Gasteiger partial charge is 0.330 e. The summed E-state index contributed by atoms with van der Waals surface area (Å²) in [4.78, 5) is 0.0655. The summed E-state index contributed by atoms with van der Waals surface area (Å²) in [5.41, 5.74) is 5.43. The molecule has 0 spiro atoms. The molecule has 0 aliphatic heterocycles. The summed E-state index contributed by atoms with van der Waals surface area (Å²) in [5, 5.41) is 3.72. The molecule has 4 nitrogen and oxygen atoms in total. The van der Waals surface area contributed by atoms with Gasteiger partial charge in [-0.1, -0.05) is 66.9 Å². The minimum Gasteiger partial charge on any atom is -0.330 e. The smallest absolute Gasteiger partial charge is 0.179 e. The van der Waals surface area contributed by atoms with E-state index in [9.17, 15) is 8.42 Å². The molecule has 0 aliphatic carbocycles. The fraction of sp³-hybridized carbons (Fsp3) is 0.667. The Morgan fingerprint density at radius 2 is 1.38 bits per heavy atom. The highest BCUT2D eigenvalue weighted by Gasteiger charge is 2.20. The monoisotopic (exact) mass is 442 g/mol. The second-order valence-corrected chi connectivity index (χ2v) is 9.60. The van der Waals surface area contributed by atoms with Crippen LogP contribution >= 0.6 is 34.8 Å². The molecule has 0 fully saturated rings. The van der Waals surface area contributed by atoms with E-state index in [2.05, 4.69) is 5.32 Å². The van der Waals surface area contributed by atoms with Gasteiger partial charge in [0.1, 0.15) is 0 Å². The van der Waals surface area contributed by atoms with Crippen molar-refractivity contribution in [2.24, 2.45) is 5.73 Å². The van der Waals surface area contributed by atoms with Crippen molar-refractivity contribution in [2.45, 2.75) is 56.3 Å². The number of sulfone groups is 1. The Kier molecular flexibility index (Phi) is 12.2. The van der Waals surface area contributed by atoms with Crippen LogP contribution in [0.2, 0.25) is 15.1 Å². The molecule has 0 amide bonds. The molecule has 0 saturated carbocycles. The maximum atomic E-state index is 12.4. The van der Waals surface area contributed by atoms with Crippen LogP contribution in [-0.4, -0.2) is 33.8 Å². The number of unbranched alkanes of at least 4 members (excludes halogenated alkanes) is 6. The van der Waals surface area contributed by atoms with E-state index in [1.54, 1.807) is 0 Å². The summed E-state index contributed by atoms with van der Waals surface area (Å²) in [5.74, 6) is 0.0791. The van der Waals surface area contributed by atoms with E-state index in [0.717, 1.165) is 45.3 Å². The van der Waals surface area contributed by atoms with Gasteiger partial charge in [0.15, 0.2) is 9.84 Å². The van der Waals surface area contributed by atoms with Gasteiger partial charge in [-0.25, -0.2) is 8.42 Å². The van der Waals surface area contributed by atoms with Crippen LogP contribution in [0.4, 0.5) is 0 Å². The van der Waals surface area contributed by atoms with Crippen molar-refractivity contribution in [1.82, 2.24) is 5.32 Å². The Morgan fingerprint density at radius 1 is 0.808 bits per heavy atom. The molecule has 0 unspecified atom stereocenters. The quantitative estimate of drug-likeness (QED) is 0.310. The molecule has 0 bridgehead atoms. The van der Waals surface area contributed by atoms with Gasteiger partial charge in [-0.2, -0.15) is 0 Å². The van der Waals surface area contributed by atoms with Crippen molar-refractivity contribution in [3.05, 3.63) is 27.2 Å². The van der Waals surface area contributed by atoms with Crippen molar-refractivity contribution >= 4 is 44.6 Å². The number of hydrogen-bond donors (Lipinski definition) is 2. The zero-order valence-electron chi connectivity index (χ0n) is 15.1. The first kappa shape index (κ1) is 24.0. The van der Waals surface area contributed by atoms with Gasteiger partial charge in [-0.3, -0.25) is 0 Å². The van der Waals surface area contributed by atoms with Gasteiger partial charge in [0.25, 0.3) is 0 Å². The molecule has 26 heavy (non-hydrogen) atoms. The minimum atomic E-state index is -3.43. The van der Waals surface area contributed by atoms with E-state index in [1.165, 1.54) is 31.4 Å². The summed E-state index contributed by atoms with van der Waals surface area (Å²) in [6.07, 6.45) is 8.29. The number of rotatable bonds is 14. The Balaban J connectivity index is 2.17. The Hall–Kier alpha value is -0.0400. The van der Waals surface area contributed by atoms with Gasteiger partial charge in [0.05, 0.1) is 25.7 Å². The topological polar surface area (TPSA) is 72.2 Å². The van der Waals surface area contributed by atoms with Crippen molar-refractivity contribution in [3.8, 4) is 0 Å². The highest BCUT2D eigenvalue weighted by Crippen LogP contribution is 2.35. The highest BCUT2D eigenvalue weighted by atomic mass is 35.5. The zero-order chi connectivity index (χ0) is 19.4. The second kappa shape index (κ2) is 13.2. The molecule has 0 saturated heterocycles. The molecule has 150 valence electrons. The van der Waals surface area contributed by atoms with Crippen molar-refractivity contribution in [3.63, 3.8) is 0 Å². The summed E-state index contributed by atoms with van der Waals surface area (Å²) in [6.45, 7) is 2.77. The number of hydrogen-bond acceptors (Lipinski definition) is 4. The van der Waals surface area contributed by atoms with E-state index in [0.29, 0.717) is 6.42 Å². The van der Waals surface area contributed by atoms with Gasteiger partial charge in [0.2, 0.25) is 0 Å². The molecular weight excluding hydrogens is 415 g/mol. The van der Waals surface area contributed by atoms with Crippen LogP contribution in [0.15, 0.2) is 17.0 Å². The SMILES string of the molecule is NCCCNCCCCCCCCCS(=O)(=O)c1ccc(Cl)c(Cl)c1Cl. The summed E-state index contributed by atoms with van der Waals surface area (Å²) in [7, 11) is -3.43. The Labute approximate surface area is 172 Å². The van der Waals surface area contributed by atoms with Gasteiger partial charge in [-0.15, -0.1) is 0 Å². The van der Waals surface area contributed by atoms with Crippen LogP contribution in [0.5, 0.6) is 0 Å². The lowest BCUT2D eigenvalue weighted by atomic mass is 10.1. The van der Waals surface area contributed by atoms with Crippen LogP contribution in [0.1, 0.15) is 51.4 Å². The first-order chi connectivity index (χ1) is 12.4. The molecule has 1 rings (SSSR count). The third-order valence-electron chi connectivity index (χ3n) is 4.16. The van der Waals surface area contributed by atoms with Crippen LogP contribution in [0, 0.1) is 0 Å². The summed E-state index contributed by atoms with van der Waals surface area (Å²) >= 11 is 17.8. The number of benzene rings is 1. The highest BCUT2D eigenvalue weighted by molar-refractivity contribution is 7.91. The number of halogens is 3. The summed E-state index contributed by atoms with van der Waals surface area (Å²) in [6, 6.07) is 2.89. The van der Waals surface area contributed by atoms with E-state index < -0.39 is 9.84 Å². The van der Waals surface area contributed by atoms with Crippen LogP contribution < -0.4 is 11.1 Å². The minimum absolute atomic E-state index is 0.0132. The van der Waals surface area contributed by atoms with E-state index in [4.69, 9.17) is 40.5 Å². The van der Waals surface area contributed by atoms with E-state index >= 15 is 0 Å². The van der Waals surface area contributed by atoms with Gasteiger partial charge >= 0.3 is 0 Å². The Morgan fingerprint density at radius 3 is 2.04 bits per heavy atom. The van der Waals surface area contributed by atoms with Crippen LogP contribution in [0.3, 0.4) is 0 Å². The van der Waals surface area contributed by atoms with Crippen LogP contribution in [0.25, 0.3) is 0 Å². The third-order valence-corrected chi connectivity index (χ3v) is 7.40. The number of nitrogens with two attached hydrogens (primary N) is 1. The van der Waals surface area contributed by atoms with E-state index in [1.807, 2.05) is 0 Å². The lowest BCUT2D eigenvalue weighted by Gasteiger charge is -2.09. The maximum Gasteiger partial charge on any atom is 0.179 e. The van der Waals surface area contributed by atoms with E-state index in [-0.39, 0.29) is 25.7 Å². The van der Waals surface area contributed by atoms with Crippen molar-refractivity contribution < 1.29 is 8.42 Å². The summed E-state index contributed by atoms with van der Waals surface area (Å²) < 4.78 is 24.8. The van der Waals surface area contributed by atoms with Gasteiger partial charge in [0, 0.05) is 0 Å². The number of nitrogens with one attached hydrogen (secondary N) is 1. The third kappa shape index (κ3) is 8.77. The lowest BCUT2D eigenvalue weighted by Crippen LogP contribution is -2.19. The average molecular weight is 444 g/mol. The van der Waals surface area contributed by atoms with Crippen molar-refractivity contribution in [1.29, 1.82) is 0 Å². The second-order valence-electron chi connectivity index (χ2n) is 6.36. The first-order valence-corrected chi connectivity index (χ1v) is 12.0. The molecular formula is C18H29Cl3N2O2S. The lowest BCUT2D eigenvalue weighted by molar-refractivity contribution is 0.555. The molecule has 1 aromatic carbocycles. The maximum absolute atomic E-state index is 12.4. The normalized spacial score (nSPS) is 11.8. The predicted octanol–water partition coefficient (Wildman–Crippen LogP) is 5.09. The molecule has 8 heteroatoms. The molecule has 0 radical (unpaired) electrons. The average Bonchev–Trinajstić information content (AvgIpc) is 2.60. The molecule has 0 aliphatic rings. The van der Waals surface area contributed by atoms with Gasteiger partial charge < -0.3 is 11.1 Å². The molecule has 1 aromatic rings. The standard InChI is InChI=1S/C18H29Cl3N2O2S/c19-15-9-10-16(18(21)17(15)20)26(24,25)14-7-5-3-1-2-4-6-12-23-13-8-11-22/h9-10,23H,1-8,11-14,22H2. The van der Waals surface area contributed by atoms with Gasteiger partial charge in [-0.05, 0) is 51.0 Å².